The fourth-order valence-electron chi connectivity index (χ4n) is 2.70. The molecule has 0 amide bonds. The Kier molecular flexibility index (Phi) is 4.58. The van der Waals surface area contributed by atoms with Crippen LogP contribution in [-0.4, -0.2) is 74.9 Å². The number of hydrogen-bond acceptors (Lipinski definition) is 4. The van der Waals surface area contributed by atoms with Crippen molar-refractivity contribution in [2.45, 2.75) is 25.4 Å². The average molecular weight is 227 g/mol. The van der Waals surface area contributed by atoms with Crippen molar-refractivity contribution < 1.29 is 4.74 Å². The van der Waals surface area contributed by atoms with Crippen LogP contribution in [0.25, 0.3) is 0 Å². The molecule has 2 unspecified atom stereocenters. The Bertz CT molecular complexity index is 206. The molecule has 2 rings (SSSR count). The fraction of sp³-hybridized carbons (Fsp3) is 1.00. The first-order chi connectivity index (χ1) is 7.79. The Morgan fingerprint density at radius 3 is 2.69 bits per heavy atom. The van der Waals surface area contributed by atoms with Gasteiger partial charge in [0.25, 0.3) is 0 Å². The molecule has 2 saturated heterocycles. The Morgan fingerprint density at radius 1 is 1.31 bits per heavy atom. The van der Waals surface area contributed by atoms with Gasteiger partial charge in [-0.15, -0.1) is 0 Å². The zero-order chi connectivity index (χ0) is 11.4. The van der Waals surface area contributed by atoms with Crippen LogP contribution in [-0.2, 0) is 4.74 Å². The molecule has 0 saturated carbocycles. The molecule has 0 radical (unpaired) electrons. The summed E-state index contributed by atoms with van der Waals surface area (Å²) in [6.07, 6.45) is 1.30. The van der Waals surface area contributed by atoms with E-state index in [0.29, 0.717) is 12.1 Å². The van der Waals surface area contributed by atoms with Gasteiger partial charge in [0.2, 0.25) is 0 Å². The summed E-state index contributed by atoms with van der Waals surface area (Å²) in [5, 5.41) is 3.38. The van der Waals surface area contributed by atoms with Gasteiger partial charge in [-0.3, -0.25) is 9.80 Å². The topological polar surface area (TPSA) is 27.7 Å². The van der Waals surface area contributed by atoms with Gasteiger partial charge in [0.05, 0.1) is 13.2 Å². The summed E-state index contributed by atoms with van der Waals surface area (Å²) in [5.41, 5.74) is 0. The number of nitrogens with zero attached hydrogens (tertiary/aromatic N) is 2. The second-order valence-corrected chi connectivity index (χ2v) is 5.03. The van der Waals surface area contributed by atoms with Crippen molar-refractivity contribution in [2.75, 3.05) is 53.0 Å². The maximum absolute atomic E-state index is 5.38. The van der Waals surface area contributed by atoms with Crippen LogP contribution in [0.4, 0.5) is 0 Å². The number of morpholine rings is 1. The number of hydrogen-bond donors (Lipinski definition) is 1. The molecule has 0 spiro atoms. The minimum atomic E-state index is 0.677. The molecule has 2 aliphatic rings. The summed E-state index contributed by atoms with van der Waals surface area (Å²) >= 11 is 0. The van der Waals surface area contributed by atoms with Gasteiger partial charge in [-0.2, -0.15) is 0 Å². The van der Waals surface area contributed by atoms with Crippen LogP contribution in [0, 0.1) is 0 Å². The third-order valence-electron chi connectivity index (χ3n) is 3.88. The van der Waals surface area contributed by atoms with Crippen molar-refractivity contribution in [3.8, 4) is 0 Å². The smallest absolute Gasteiger partial charge is 0.0594 e. The van der Waals surface area contributed by atoms with Crippen molar-refractivity contribution in [3.63, 3.8) is 0 Å². The Labute approximate surface area is 98.9 Å². The van der Waals surface area contributed by atoms with Crippen LogP contribution < -0.4 is 5.32 Å². The van der Waals surface area contributed by atoms with Gasteiger partial charge < -0.3 is 10.1 Å². The predicted molar refractivity (Wildman–Crippen MR) is 65.8 cm³/mol. The van der Waals surface area contributed by atoms with Gasteiger partial charge in [-0.25, -0.2) is 0 Å². The lowest BCUT2D eigenvalue weighted by molar-refractivity contribution is 0.0265. The summed E-state index contributed by atoms with van der Waals surface area (Å²) in [5.74, 6) is 0. The molecule has 0 aliphatic carbocycles. The van der Waals surface area contributed by atoms with Gasteiger partial charge in [0, 0.05) is 44.8 Å². The zero-order valence-corrected chi connectivity index (χ0v) is 10.6. The maximum atomic E-state index is 5.38. The van der Waals surface area contributed by atoms with E-state index in [-0.39, 0.29) is 0 Å². The van der Waals surface area contributed by atoms with E-state index < -0.39 is 0 Å². The van der Waals surface area contributed by atoms with Gasteiger partial charge >= 0.3 is 0 Å². The fourth-order valence-corrected chi connectivity index (χ4v) is 2.70. The highest BCUT2D eigenvalue weighted by atomic mass is 16.5. The van der Waals surface area contributed by atoms with E-state index in [1.54, 1.807) is 0 Å². The number of ether oxygens (including phenoxy) is 1. The van der Waals surface area contributed by atoms with Gasteiger partial charge in [0.1, 0.15) is 0 Å². The summed E-state index contributed by atoms with van der Waals surface area (Å²) in [7, 11) is 2.07. The first-order valence-corrected chi connectivity index (χ1v) is 6.51. The van der Waals surface area contributed by atoms with Crippen molar-refractivity contribution >= 4 is 0 Å². The van der Waals surface area contributed by atoms with Gasteiger partial charge in [-0.1, -0.05) is 0 Å². The third-order valence-corrected chi connectivity index (χ3v) is 3.88. The van der Waals surface area contributed by atoms with Crippen LogP contribution in [0.15, 0.2) is 0 Å². The Morgan fingerprint density at radius 2 is 2.06 bits per heavy atom. The van der Waals surface area contributed by atoms with E-state index in [4.69, 9.17) is 4.74 Å². The predicted octanol–water partition coefficient (Wildman–Crippen LogP) is 0.000800. The van der Waals surface area contributed by atoms with E-state index in [0.717, 1.165) is 26.3 Å². The van der Waals surface area contributed by atoms with Crippen molar-refractivity contribution in [2.24, 2.45) is 0 Å². The molecule has 16 heavy (non-hydrogen) atoms. The van der Waals surface area contributed by atoms with E-state index >= 15 is 0 Å². The first-order valence-electron chi connectivity index (χ1n) is 6.51. The minimum absolute atomic E-state index is 0.677. The molecule has 1 N–H and O–H groups in total. The van der Waals surface area contributed by atoms with Crippen molar-refractivity contribution in [1.82, 2.24) is 15.1 Å². The van der Waals surface area contributed by atoms with Crippen LogP contribution in [0.2, 0.25) is 0 Å². The highest BCUT2D eigenvalue weighted by molar-refractivity contribution is 4.84. The molecule has 2 heterocycles. The largest absolute Gasteiger partial charge is 0.379 e. The quantitative estimate of drug-likeness (QED) is 0.732. The van der Waals surface area contributed by atoms with E-state index in [1.165, 1.54) is 26.1 Å². The molecule has 0 aromatic rings. The molecule has 4 heteroatoms. The summed E-state index contributed by atoms with van der Waals surface area (Å²) in [6.45, 7) is 10.0. The number of likely N-dealkylation sites (N-methyl/N-ethyl adjacent to an activating group) is 1. The zero-order valence-electron chi connectivity index (χ0n) is 10.6. The van der Waals surface area contributed by atoms with Crippen LogP contribution >= 0.6 is 0 Å². The molecule has 2 atom stereocenters. The second-order valence-electron chi connectivity index (χ2n) is 5.03. The molecule has 0 aromatic heterocycles. The first kappa shape index (κ1) is 12.3. The van der Waals surface area contributed by atoms with Gasteiger partial charge in [-0.05, 0) is 20.4 Å². The Balaban J connectivity index is 1.72. The number of likely N-dealkylation sites (tertiary alicyclic amines) is 1. The highest BCUT2D eigenvalue weighted by Gasteiger charge is 2.26. The van der Waals surface area contributed by atoms with E-state index in [1.807, 2.05) is 0 Å². The summed E-state index contributed by atoms with van der Waals surface area (Å²) in [4.78, 5) is 5.14. The molecule has 4 nitrogen and oxygen atoms in total. The third kappa shape index (κ3) is 3.17. The Hall–Kier alpha value is -0.160. The summed E-state index contributed by atoms with van der Waals surface area (Å²) < 4.78 is 5.38. The van der Waals surface area contributed by atoms with E-state index in [9.17, 15) is 0 Å². The maximum Gasteiger partial charge on any atom is 0.0594 e. The molecule has 2 fully saturated rings. The van der Waals surface area contributed by atoms with Crippen LogP contribution in [0.3, 0.4) is 0 Å². The molecule has 2 aliphatic heterocycles. The van der Waals surface area contributed by atoms with Crippen LogP contribution in [0.1, 0.15) is 13.3 Å². The lowest BCUT2D eigenvalue weighted by Crippen LogP contribution is -2.46. The number of nitrogens with one attached hydrogen (secondary N) is 1. The SMILES string of the molecule is CNC1CCN(C(C)CN2CCOCC2)C1. The average Bonchev–Trinajstić information content (AvgIpc) is 2.79. The van der Waals surface area contributed by atoms with Crippen LogP contribution in [0.5, 0.6) is 0 Å². The van der Waals surface area contributed by atoms with Crippen molar-refractivity contribution in [3.05, 3.63) is 0 Å². The molecule has 94 valence electrons. The molecular formula is C12H25N3O. The minimum Gasteiger partial charge on any atom is -0.379 e. The highest BCUT2D eigenvalue weighted by Crippen LogP contribution is 2.13. The lowest BCUT2D eigenvalue weighted by Gasteiger charge is -2.33. The molecule has 0 aromatic carbocycles. The number of rotatable bonds is 4. The molecule has 0 bridgehead atoms. The summed E-state index contributed by atoms with van der Waals surface area (Å²) in [6, 6.07) is 1.38. The standard InChI is InChI=1S/C12H25N3O/c1-11(9-14-5-7-16-8-6-14)15-4-3-12(10-15)13-2/h11-13H,3-10H2,1-2H3. The normalized spacial score (nSPS) is 30.8. The second kappa shape index (κ2) is 5.96. The van der Waals surface area contributed by atoms with Crippen molar-refractivity contribution in [1.29, 1.82) is 0 Å². The molecular weight excluding hydrogens is 202 g/mol. The lowest BCUT2D eigenvalue weighted by atomic mass is 10.2. The monoisotopic (exact) mass is 227 g/mol. The van der Waals surface area contributed by atoms with E-state index in [2.05, 4.69) is 29.1 Å². The van der Waals surface area contributed by atoms with Gasteiger partial charge in [0.15, 0.2) is 0 Å².